The number of rotatable bonds is 4. The van der Waals surface area contributed by atoms with Crippen molar-refractivity contribution in [3.05, 3.63) is 44.9 Å². The van der Waals surface area contributed by atoms with Crippen molar-refractivity contribution in [1.29, 1.82) is 0 Å². The number of aromatic hydroxyl groups is 1. The number of thiophene rings is 1. The van der Waals surface area contributed by atoms with Crippen LogP contribution >= 0.6 is 11.3 Å². The minimum absolute atomic E-state index is 0.105. The first kappa shape index (κ1) is 14.5. The zero-order valence-electron chi connectivity index (χ0n) is 12.1. The molecule has 21 heavy (non-hydrogen) atoms. The van der Waals surface area contributed by atoms with Gasteiger partial charge in [-0.25, -0.2) is 0 Å². The highest BCUT2D eigenvalue weighted by Crippen LogP contribution is 2.34. The summed E-state index contributed by atoms with van der Waals surface area (Å²) in [6.07, 6.45) is 5.12. The number of aryl methyl sites for hydroxylation is 2. The molecule has 3 rings (SSSR count). The minimum atomic E-state index is -0.105. The lowest BCUT2D eigenvalue weighted by atomic mass is 9.93. The van der Waals surface area contributed by atoms with Crippen molar-refractivity contribution >= 4 is 11.3 Å². The van der Waals surface area contributed by atoms with E-state index in [1.54, 1.807) is 13.1 Å². The summed E-state index contributed by atoms with van der Waals surface area (Å²) in [5, 5.41) is 25.3. The Morgan fingerprint density at radius 1 is 1.48 bits per heavy atom. The number of aliphatic hydroxyl groups excluding tert-OH is 1. The fourth-order valence-electron chi connectivity index (χ4n) is 2.94. The Morgan fingerprint density at radius 3 is 3.14 bits per heavy atom. The van der Waals surface area contributed by atoms with Gasteiger partial charge in [0.25, 0.3) is 0 Å². The number of pyridine rings is 1. The topological polar surface area (TPSA) is 65.4 Å². The van der Waals surface area contributed by atoms with E-state index >= 15 is 0 Å². The van der Waals surface area contributed by atoms with Crippen LogP contribution in [-0.4, -0.2) is 15.2 Å². The van der Waals surface area contributed by atoms with Crippen LogP contribution in [0.5, 0.6) is 5.75 Å². The smallest absolute Gasteiger partial charge is 0.141 e. The Kier molecular flexibility index (Phi) is 4.24. The molecule has 0 saturated carbocycles. The molecule has 2 aromatic heterocycles. The summed E-state index contributed by atoms with van der Waals surface area (Å²) in [5.74, 6) is 0.190. The van der Waals surface area contributed by atoms with Crippen molar-refractivity contribution in [2.75, 3.05) is 0 Å². The van der Waals surface area contributed by atoms with E-state index in [2.05, 4.69) is 21.7 Å². The molecule has 4 nitrogen and oxygen atoms in total. The van der Waals surface area contributed by atoms with Gasteiger partial charge in [0.1, 0.15) is 5.75 Å². The fraction of sp³-hybridized carbons (Fsp3) is 0.438. The molecule has 1 atom stereocenters. The summed E-state index contributed by atoms with van der Waals surface area (Å²) < 4.78 is 0. The van der Waals surface area contributed by atoms with E-state index in [0.29, 0.717) is 23.8 Å². The summed E-state index contributed by atoms with van der Waals surface area (Å²) in [7, 11) is 0. The third-order valence-electron chi connectivity index (χ3n) is 4.18. The van der Waals surface area contributed by atoms with Gasteiger partial charge in [-0.05, 0) is 43.2 Å². The second kappa shape index (κ2) is 6.13. The van der Waals surface area contributed by atoms with E-state index < -0.39 is 0 Å². The zero-order valence-corrected chi connectivity index (χ0v) is 12.9. The Balaban J connectivity index is 1.79. The van der Waals surface area contributed by atoms with Crippen LogP contribution in [0.1, 0.15) is 46.1 Å². The lowest BCUT2D eigenvalue weighted by molar-refractivity contribution is 0.278. The molecule has 0 amide bonds. The van der Waals surface area contributed by atoms with Crippen LogP contribution < -0.4 is 5.32 Å². The predicted octanol–water partition coefficient (Wildman–Crippen LogP) is 2.82. The Morgan fingerprint density at radius 2 is 2.33 bits per heavy atom. The molecule has 0 aromatic carbocycles. The highest BCUT2D eigenvalue weighted by Gasteiger charge is 2.21. The summed E-state index contributed by atoms with van der Waals surface area (Å²) >= 11 is 1.82. The maximum absolute atomic E-state index is 10.2. The van der Waals surface area contributed by atoms with E-state index in [1.165, 1.54) is 23.3 Å². The van der Waals surface area contributed by atoms with Gasteiger partial charge in [-0.15, -0.1) is 11.3 Å². The molecular weight excluding hydrogens is 284 g/mol. The Labute approximate surface area is 128 Å². The number of hydrogen-bond acceptors (Lipinski definition) is 5. The number of fused-ring (bicyclic) bond motifs is 1. The second-order valence-electron chi connectivity index (χ2n) is 5.48. The highest BCUT2D eigenvalue weighted by atomic mass is 32.1. The van der Waals surface area contributed by atoms with Gasteiger partial charge in [0.15, 0.2) is 0 Å². The van der Waals surface area contributed by atoms with Crippen molar-refractivity contribution in [2.45, 2.75) is 45.4 Å². The van der Waals surface area contributed by atoms with E-state index in [4.69, 9.17) is 0 Å². The average molecular weight is 304 g/mol. The third kappa shape index (κ3) is 2.81. The van der Waals surface area contributed by atoms with Crippen LogP contribution in [-0.2, 0) is 19.6 Å². The number of hydrogen-bond donors (Lipinski definition) is 3. The molecule has 0 radical (unpaired) electrons. The third-order valence-corrected chi connectivity index (χ3v) is 5.17. The maximum atomic E-state index is 10.2. The number of aliphatic hydroxyl groups is 1. The van der Waals surface area contributed by atoms with E-state index in [9.17, 15) is 10.2 Å². The monoisotopic (exact) mass is 304 g/mol. The van der Waals surface area contributed by atoms with Crippen LogP contribution in [0.3, 0.4) is 0 Å². The predicted molar refractivity (Wildman–Crippen MR) is 83.4 cm³/mol. The molecule has 0 aliphatic heterocycles. The molecule has 1 unspecified atom stereocenters. The lowest BCUT2D eigenvalue weighted by Crippen LogP contribution is -2.24. The van der Waals surface area contributed by atoms with Crippen LogP contribution in [0, 0.1) is 6.92 Å². The SMILES string of the molecule is Cc1ncc(CO)c(CNC2CCCc3sccc32)c1O. The molecular formula is C16H20N2O2S. The van der Waals surface area contributed by atoms with Crippen molar-refractivity contribution < 1.29 is 10.2 Å². The standard InChI is InChI=1S/C16H20N2O2S/c1-10-16(20)13(11(9-19)7-17-10)8-18-14-3-2-4-15-12(14)5-6-21-15/h5-7,14,18-20H,2-4,8-9H2,1H3. The Bertz CT molecular complexity index is 639. The van der Waals surface area contributed by atoms with Gasteiger partial charge >= 0.3 is 0 Å². The quantitative estimate of drug-likeness (QED) is 0.812. The van der Waals surface area contributed by atoms with Crippen LogP contribution in [0.25, 0.3) is 0 Å². The molecule has 5 heteroatoms. The first-order valence-corrected chi connectivity index (χ1v) is 8.15. The van der Waals surface area contributed by atoms with Gasteiger partial charge < -0.3 is 15.5 Å². The van der Waals surface area contributed by atoms with Gasteiger partial charge in [-0.1, -0.05) is 0 Å². The van der Waals surface area contributed by atoms with E-state index in [0.717, 1.165) is 12.0 Å². The summed E-state index contributed by atoms with van der Waals surface area (Å²) in [5.41, 5.74) is 3.44. The fourth-order valence-corrected chi connectivity index (χ4v) is 3.93. The maximum Gasteiger partial charge on any atom is 0.141 e. The molecule has 1 aliphatic rings. The molecule has 0 spiro atoms. The van der Waals surface area contributed by atoms with Gasteiger partial charge in [-0.3, -0.25) is 4.98 Å². The summed E-state index contributed by atoms with van der Waals surface area (Å²) in [4.78, 5) is 5.57. The molecule has 0 bridgehead atoms. The summed E-state index contributed by atoms with van der Waals surface area (Å²) in [6, 6.07) is 2.53. The molecule has 2 heterocycles. The van der Waals surface area contributed by atoms with E-state index in [-0.39, 0.29) is 12.4 Å². The first-order chi connectivity index (χ1) is 10.2. The van der Waals surface area contributed by atoms with Gasteiger partial charge in [-0.2, -0.15) is 0 Å². The second-order valence-corrected chi connectivity index (χ2v) is 6.48. The molecule has 0 saturated heterocycles. The molecule has 3 N–H and O–H groups in total. The highest BCUT2D eigenvalue weighted by molar-refractivity contribution is 7.10. The van der Waals surface area contributed by atoms with Crippen molar-refractivity contribution in [1.82, 2.24) is 10.3 Å². The van der Waals surface area contributed by atoms with Gasteiger partial charge in [0, 0.05) is 34.8 Å². The number of nitrogens with one attached hydrogen (secondary N) is 1. The largest absolute Gasteiger partial charge is 0.506 e. The van der Waals surface area contributed by atoms with Crippen LogP contribution in [0.2, 0.25) is 0 Å². The molecule has 1 aliphatic carbocycles. The van der Waals surface area contributed by atoms with Gasteiger partial charge in [0.05, 0.1) is 12.3 Å². The Hall–Kier alpha value is -1.43. The number of nitrogens with zero attached hydrogens (tertiary/aromatic N) is 1. The lowest BCUT2D eigenvalue weighted by Gasteiger charge is -2.24. The normalized spacial score (nSPS) is 17.7. The molecule has 0 fully saturated rings. The summed E-state index contributed by atoms with van der Waals surface area (Å²) in [6.45, 7) is 2.22. The van der Waals surface area contributed by atoms with Crippen LogP contribution in [0.4, 0.5) is 0 Å². The van der Waals surface area contributed by atoms with Crippen molar-refractivity contribution in [2.24, 2.45) is 0 Å². The van der Waals surface area contributed by atoms with Crippen molar-refractivity contribution in [3.8, 4) is 5.75 Å². The number of aromatic nitrogens is 1. The first-order valence-electron chi connectivity index (χ1n) is 7.27. The zero-order chi connectivity index (χ0) is 14.8. The van der Waals surface area contributed by atoms with Crippen LogP contribution in [0.15, 0.2) is 17.6 Å². The molecule has 2 aromatic rings. The minimum Gasteiger partial charge on any atom is -0.506 e. The molecule has 112 valence electrons. The average Bonchev–Trinajstić information content (AvgIpc) is 2.98. The van der Waals surface area contributed by atoms with E-state index in [1.807, 2.05) is 11.3 Å². The van der Waals surface area contributed by atoms with Gasteiger partial charge in [0.2, 0.25) is 0 Å². The van der Waals surface area contributed by atoms with Crippen molar-refractivity contribution in [3.63, 3.8) is 0 Å².